The van der Waals surface area contributed by atoms with Crippen molar-refractivity contribution in [3.05, 3.63) is 76.8 Å². The van der Waals surface area contributed by atoms with Crippen molar-refractivity contribution in [3.63, 3.8) is 0 Å². The molecule has 3 aromatic rings. The molecule has 4 N–H and O–H groups in total. The third-order valence-corrected chi connectivity index (χ3v) is 9.57. The van der Waals surface area contributed by atoms with Gasteiger partial charge in [-0.1, -0.05) is 62.4 Å². The number of carbonyl (C=O) groups excluding carboxylic acids is 1. The van der Waals surface area contributed by atoms with Gasteiger partial charge in [0.1, 0.15) is 23.4 Å². The van der Waals surface area contributed by atoms with Gasteiger partial charge in [-0.15, -0.1) is 0 Å². The summed E-state index contributed by atoms with van der Waals surface area (Å²) in [5.41, 5.74) is 7.40. The van der Waals surface area contributed by atoms with Gasteiger partial charge in [0.15, 0.2) is 9.84 Å². The number of halogens is 1. The third-order valence-electron chi connectivity index (χ3n) is 7.30. The maximum Gasteiger partial charge on any atom is 0.352 e. The van der Waals surface area contributed by atoms with Crippen LogP contribution in [0, 0.1) is 17.3 Å². The molecular weight excluding hydrogens is 576 g/mol. The van der Waals surface area contributed by atoms with Gasteiger partial charge < -0.3 is 5.11 Å². The van der Waals surface area contributed by atoms with E-state index in [4.69, 9.17) is 17.3 Å². The number of hydrogen-bond acceptors (Lipinski definition) is 7. The molecule has 0 saturated heterocycles. The molecule has 2 heterocycles. The van der Waals surface area contributed by atoms with Crippen molar-refractivity contribution < 1.29 is 23.3 Å². The number of sulfone groups is 1. The van der Waals surface area contributed by atoms with E-state index in [1.54, 1.807) is 56.3 Å². The topological polar surface area (TPSA) is 145 Å². The first-order valence-electron chi connectivity index (χ1n) is 13.3. The number of aromatic nitrogens is 3. The highest BCUT2D eigenvalue weighted by molar-refractivity contribution is 7.92. The van der Waals surface area contributed by atoms with E-state index < -0.39 is 32.8 Å². The van der Waals surface area contributed by atoms with Crippen molar-refractivity contribution in [1.29, 1.82) is 0 Å². The van der Waals surface area contributed by atoms with Gasteiger partial charge in [-0.05, 0) is 49.1 Å². The number of aliphatic hydroxyl groups excluding tert-OH is 1. The van der Waals surface area contributed by atoms with Crippen LogP contribution in [0.5, 0.6) is 0 Å². The lowest BCUT2D eigenvalue weighted by atomic mass is 9.75. The van der Waals surface area contributed by atoms with Gasteiger partial charge in [0, 0.05) is 23.8 Å². The zero-order chi connectivity index (χ0) is 31.1. The maximum atomic E-state index is 14.4. The van der Waals surface area contributed by atoms with Crippen LogP contribution in [0.4, 0.5) is 0 Å². The highest BCUT2D eigenvalue weighted by atomic mass is 35.5. The number of hydrogen-bond donors (Lipinski definition) is 3. The van der Waals surface area contributed by atoms with Crippen molar-refractivity contribution in [3.8, 4) is 17.5 Å². The fraction of sp³-hybridized carbons (Fsp3) is 0.400. The van der Waals surface area contributed by atoms with Crippen molar-refractivity contribution in [1.82, 2.24) is 19.7 Å². The number of nitrogens with zero attached hydrogens (tertiary/aromatic N) is 4. The van der Waals surface area contributed by atoms with E-state index in [0.29, 0.717) is 33.8 Å². The van der Waals surface area contributed by atoms with Crippen LogP contribution in [0.1, 0.15) is 63.8 Å². The largest absolute Gasteiger partial charge is 0.392 e. The first-order chi connectivity index (χ1) is 19.5. The first-order valence-corrected chi connectivity index (χ1v) is 15.6. The molecule has 2 aromatic carbocycles. The van der Waals surface area contributed by atoms with Crippen LogP contribution in [0.3, 0.4) is 0 Å². The van der Waals surface area contributed by atoms with Crippen molar-refractivity contribution in [2.24, 2.45) is 11.1 Å². The van der Waals surface area contributed by atoms with E-state index in [2.05, 4.69) is 26.9 Å². The summed E-state index contributed by atoms with van der Waals surface area (Å²) in [6, 6.07) is 11.4. The molecule has 4 rings (SSSR count). The molecule has 0 bridgehead atoms. The Morgan fingerprint density at radius 1 is 1.14 bits per heavy atom. The molecule has 0 radical (unpaired) electrons. The Bertz CT molecular complexity index is 1680. The van der Waals surface area contributed by atoms with E-state index in [9.17, 15) is 18.3 Å². The molecule has 0 spiro atoms. The number of benzene rings is 2. The quantitative estimate of drug-likeness (QED) is 0.345. The molecule has 42 heavy (non-hydrogen) atoms. The summed E-state index contributed by atoms with van der Waals surface area (Å²) < 4.78 is 24.4. The monoisotopic (exact) mass is 611 g/mol. The number of carbonyl (C=O) groups is 1. The lowest BCUT2D eigenvalue weighted by Gasteiger charge is -2.31. The summed E-state index contributed by atoms with van der Waals surface area (Å²) in [5.74, 6) is 5.57. The predicted molar refractivity (Wildman–Crippen MR) is 161 cm³/mol. The molecule has 12 heteroatoms. The Morgan fingerprint density at radius 3 is 2.36 bits per heavy atom. The van der Waals surface area contributed by atoms with Gasteiger partial charge in [-0.2, -0.15) is 10.00 Å². The zero-order valence-electron chi connectivity index (χ0n) is 24.5. The van der Waals surface area contributed by atoms with E-state index in [1.165, 1.54) is 22.2 Å². The number of nitrogens with two attached hydrogens (primary N) is 1. The van der Waals surface area contributed by atoms with E-state index >= 15 is 0 Å². The summed E-state index contributed by atoms with van der Waals surface area (Å²) in [6.45, 7) is 8.81. The standard InChI is InChI=1S/C30H35ClN6O4S/c1-28(2,3)17-30(22-10-7-20(8-11-22)13-14-29(4,5)42(6,40)41)26(39)37(27(32)35-30)25(16-38)21-9-12-23(31)24(15-21)36-19-33-18-34-36/h7-12,15,18-19,25,38H,16-17H2,1-6H3,(H2,32,35)/p+1/t25-,30-/m1/s1. The Balaban J connectivity index is 1.75. The van der Waals surface area contributed by atoms with Crippen LogP contribution in [-0.2, 0) is 20.2 Å². The molecule has 10 nitrogen and oxygen atoms in total. The van der Waals surface area contributed by atoms with Gasteiger partial charge in [0.05, 0.1) is 17.3 Å². The summed E-state index contributed by atoms with van der Waals surface area (Å²) in [6.07, 6.45) is 4.44. The smallest absolute Gasteiger partial charge is 0.352 e. The van der Waals surface area contributed by atoms with Gasteiger partial charge in [-0.3, -0.25) is 15.5 Å². The molecule has 1 amide bonds. The number of nitrogens with one attached hydrogen (secondary N) is 1. The molecule has 0 fully saturated rings. The van der Waals surface area contributed by atoms with Gasteiger partial charge in [-0.25, -0.2) is 18.1 Å². The van der Waals surface area contributed by atoms with Crippen LogP contribution in [0.25, 0.3) is 5.69 Å². The average Bonchev–Trinajstić information content (AvgIpc) is 3.51. The second-order valence-electron chi connectivity index (χ2n) is 12.2. The van der Waals surface area contributed by atoms with Crippen LogP contribution in [0.15, 0.2) is 55.1 Å². The van der Waals surface area contributed by atoms with Crippen LogP contribution >= 0.6 is 11.6 Å². The Labute approximate surface area is 251 Å². The minimum Gasteiger partial charge on any atom is -0.392 e. The normalized spacial score (nSPS) is 18.4. The second kappa shape index (κ2) is 11.2. The van der Waals surface area contributed by atoms with E-state index in [-0.39, 0.29) is 17.3 Å². The fourth-order valence-electron chi connectivity index (χ4n) is 4.90. The highest BCUT2D eigenvalue weighted by Gasteiger charge is 2.57. The minimum atomic E-state index is -3.38. The summed E-state index contributed by atoms with van der Waals surface area (Å²) in [4.78, 5) is 23.1. The number of amides is 1. The fourth-order valence-corrected chi connectivity index (χ4v) is 5.35. The van der Waals surface area contributed by atoms with Crippen molar-refractivity contribution >= 4 is 33.3 Å². The lowest BCUT2D eigenvalue weighted by molar-refractivity contribution is -0.543. The van der Waals surface area contributed by atoms with Crippen molar-refractivity contribution in [2.75, 3.05) is 12.9 Å². The number of aliphatic hydroxyl groups is 1. The van der Waals surface area contributed by atoms with Gasteiger partial charge in [0.2, 0.25) is 5.54 Å². The molecule has 0 unspecified atom stereocenters. The second-order valence-corrected chi connectivity index (χ2v) is 15.2. The Kier molecular flexibility index (Phi) is 8.30. The molecule has 1 aliphatic rings. The molecule has 0 aliphatic carbocycles. The van der Waals surface area contributed by atoms with E-state index in [0.717, 1.165) is 6.26 Å². The van der Waals surface area contributed by atoms with Gasteiger partial charge in [0.25, 0.3) is 0 Å². The molecular formula is C30H36ClN6O4S+. The molecule has 0 saturated carbocycles. The highest BCUT2D eigenvalue weighted by Crippen LogP contribution is 2.37. The molecule has 1 aliphatic heterocycles. The SMILES string of the molecule is CC(C)(C)C[C@]1(c2ccc(C#CC(C)(C)S(C)(=O)=O)cc2)[NH+]=C(N)N([C@H](CO)c2ccc(Cl)c(-n3cncn3)c2)C1=O. The third kappa shape index (κ3) is 6.07. The molecule has 222 valence electrons. The zero-order valence-corrected chi connectivity index (χ0v) is 26.1. The molecule has 1 aromatic heterocycles. The lowest BCUT2D eigenvalue weighted by Crippen LogP contribution is -2.85. The number of guanidine groups is 1. The van der Waals surface area contributed by atoms with Crippen LogP contribution in [-0.4, -0.2) is 62.7 Å². The first kappa shape index (κ1) is 31.2. The Morgan fingerprint density at radius 2 is 1.81 bits per heavy atom. The van der Waals surface area contributed by atoms with Crippen molar-refractivity contribution in [2.45, 2.75) is 57.4 Å². The summed E-state index contributed by atoms with van der Waals surface area (Å²) in [7, 11) is -3.38. The Hall–Kier alpha value is -3.72. The number of rotatable bonds is 7. The molecule has 2 atom stereocenters. The maximum absolute atomic E-state index is 14.4. The predicted octanol–water partition coefficient (Wildman–Crippen LogP) is 1.70. The van der Waals surface area contributed by atoms with Crippen LogP contribution in [0.2, 0.25) is 5.02 Å². The summed E-state index contributed by atoms with van der Waals surface area (Å²) >= 11 is 6.42. The van der Waals surface area contributed by atoms with E-state index in [1.807, 2.05) is 20.8 Å². The van der Waals surface area contributed by atoms with Crippen LogP contribution < -0.4 is 10.7 Å². The average molecular weight is 612 g/mol. The summed E-state index contributed by atoms with van der Waals surface area (Å²) in [5, 5.41) is 15.1. The van der Waals surface area contributed by atoms with Gasteiger partial charge >= 0.3 is 11.9 Å². The minimum absolute atomic E-state index is 0.110.